The Morgan fingerprint density at radius 2 is 2.45 bits per heavy atom. The quantitative estimate of drug-likeness (QED) is 0.456. The molecule has 0 fully saturated rings. The predicted octanol–water partition coefficient (Wildman–Crippen LogP) is -0.719. The molecule has 0 aromatic rings. The molecule has 0 bridgehead atoms. The van der Waals surface area contributed by atoms with Crippen LogP contribution in [0.3, 0.4) is 0 Å². The number of hydrogen-bond acceptors (Lipinski definition) is 4. The first kappa shape index (κ1) is 8.29. The molecule has 1 aliphatic rings. The lowest BCUT2D eigenvalue weighted by Crippen LogP contribution is -2.57. The maximum Gasteiger partial charge on any atom is 0.154 e. The summed E-state index contributed by atoms with van der Waals surface area (Å²) in [6.45, 7) is 2.78. The first-order valence-electron chi connectivity index (χ1n) is 3.45. The summed E-state index contributed by atoms with van der Waals surface area (Å²) >= 11 is 5.03. The van der Waals surface area contributed by atoms with Crippen LogP contribution < -0.4 is 16.8 Å². The summed E-state index contributed by atoms with van der Waals surface area (Å²) in [5.41, 5.74) is 11.2. The van der Waals surface area contributed by atoms with Crippen LogP contribution in [0.15, 0.2) is 11.9 Å². The highest BCUT2D eigenvalue weighted by atomic mass is 32.1. The molecule has 62 valence electrons. The van der Waals surface area contributed by atoms with E-state index < -0.39 is 0 Å². The van der Waals surface area contributed by atoms with Gasteiger partial charge in [0.25, 0.3) is 0 Å². The smallest absolute Gasteiger partial charge is 0.154 e. The standard InChI is InChI=1S/C6H12N4S/c1-2-10-5(11)3-4(7)9-6(10)8/h3,6,9H,2,7-8H2,1H3. The van der Waals surface area contributed by atoms with Crippen LogP contribution in [0.1, 0.15) is 6.92 Å². The molecule has 0 aromatic heterocycles. The Morgan fingerprint density at radius 1 is 1.82 bits per heavy atom. The summed E-state index contributed by atoms with van der Waals surface area (Å²) in [5.74, 6) is 0.534. The SMILES string of the molecule is CCN1C(=S)C=C(N)NC1N. The lowest BCUT2D eigenvalue weighted by Gasteiger charge is -2.33. The Morgan fingerprint density at radius 3 is 2.91 bits per heavy atom. The minimum Gasteiger partial charge on any atom is -0.385 e. The molecule has 1 rings (SSSR count). The van der Waals surface area contributed by atoms with Crippen molar-refractivity contribution in [1.29, 1.82) is 0 Å². The van der Waals surface area contributed by atoms with Gasteiger partial charge in [0.2, 0.25) is 0 Å². The topological polar surface area (TPSA) is 67.3 Å². The number of nitrogens with one attached hydrogen (secondary N) is 1. The van der Waals surface area contributed by atoms with Gasteiger partial charge in [0, 0.05) is 12.6 Å². The molecule has 4 nitrogen and oxygen atoms in total. The van der Waals surface area contributed by atoms with Crippen LogP contribution in [-0.4, -0.2) is 22.7 Å². The van der Waals surface area contributed by atoms with Crippen molar-refractivity contribution < 1.29 is 0 Å². The van der Waals surface area contributed by atoms with Gasteiger partial charge in [-0.05, 0) is 6.92 Å². The van der Waals surface area contributed by atoms with Gasteiger partial charge < -0.3 is 16.0 Å². The van der Waals surface area contributed by atoms with Gasteiger partial charge in [0.05, 0.1) is 0 Å². The number of hydrogen-bond donors (Lipinski definition) is 3. The van der Waals surface area contributed by atoms with E-state index in [-0.39, 0.29) is 6.29 Å². The molecular weight excluding hydrogens is 160 g/mol. The van der Waals surface area contributed by atoms with Gasteiger partial charge >= 0.3 is 0 Å². The molecule has 5 N–H and O–H groups in total. The van der Waals surface area contributed by atoms with Gasteiger partial charge in [0.15, 0.2) is 6.29 Å². The first-order chi connectivity index (χ1) is 5.15. The van der Waals surface area contributed by atoms with Crippen LogP contribution in [0.2, 0.25) is 0 Å². The molecule has 1 aliphatic heterocycles. The molecule has 1 unspecified atom stereocenters. The van der Waals surface area contributed by atoms with Crippen LogP contribution in [0.25, 0.3) is 0 Å². The molecule has 5 heteroatoms. The zero-order valence-electron chi connectivity index (χ0n) is 6.37. The molecule has 0 radical (unpaired) electrons. The number of rotatable bonds is 1. The summed E-state index contributed by atoms with van der Waals surface area (Å²) in [6.07, 6.45) is 1.42. The average Bonchev–Trinajstić information content (AvgIpc) is 1.85. The first-order valence-corrected chi connectivity index (χ1v) is 3.86. The molecule has 0 saturated carbocycles. The van der Waals surface area contributed by atoms with E-state index in [4.69, 9.17) is 23.7 Å². The third-order valence-corrected chi connectivity index (χ3v) is 1.91. The Hall–Kier alpha value is -0.810. The van der Waals surface area contributed by atoms with Crippen LogP contribution in [0.5, 0.6) is 0 Å². The van der Waals surface area contributed by atoms with Gasteiger partial charge in [-0.2, -0.15) is 0 Å². The van der Waals surface area contributed by atoms with E-state index in [0.29, 0.717) is 10.8 Å². The molecule has 1 atom stereocenters. The fourth-order valence-electron chi connectivity index (χ4n) is 0.996. The summed E-state index contributed by atoms with van der Waals surface area (Å²) < 4.78 is 0. The molecule has 1 heterocycles. The van der Waals surface area contributed by atoms with Crippen molar-refractivity contribution in [2.45, 2.75) is 13.2 Å². The summed E-state index contributed by atoms with van der Waals surface area (Å²) in [7, 11) is 0. The molecule has 0 aliphatic carbocycles. The Kier molecular flexibility index (Phi) is 2.31. The zero-order chi connectivity index (χ0) is 8.43. The predicted molar refractivity (Wildman–Crippen MR) is 48.4 cm³/mol. The van der Waals surface area contributed by atoms with Crippen LogP contribution >= 0.6 is 12.2 Å². The van der Waals surface area contributed by atoms with Gasteiger partial charge in [0.1, 0.15) is 10.8 Å². The van der Waals surface area contributed by atoms with Gasteiger partial charge in [-0.3, -0.25) is 5.73 Å². The molecular formula is C6H12N4S. The third kappa shape index (κ3) is 1.61. The molecule has 0 spiro atoms. The van der Waals surface area contributed by atoms with Crippen molar-refractivity contribution in [2.24, 2.45) is 11.5 Å². The Labute approximate surface area is 71.2 Å². The second-order valence-electron chi connectivity index (χ2n) is 2.31. The van der Waals surface area contributed by atoms with Crippen LogP contribution in [0, 0.1) is 0 Å². The highest BCUT2D eigenvalue weighted by Gasteiger charge is 2.18. The van der Waals surface area contributed by atoms with E-state index >= 15 is 0 Å². The van der Waals surface area contributed by atoms with Crippen molar-refractivity contribution >= 4 is 17.2 Å². The fourth-order valence-corrected chi connectivity index (χ4v) is 1.37. The van der Waals surface area contributed by atoms with Crippen LogP contribution in [0.4, 0.5) is 0 Å². The number of thiocarbonyl (C=S) groups is 1. The van der Waals surface area contributed by atoms with E-state index in [1.54, 1.807) is 6.08 Å². The maximum atomic E-state index is 5.68. The van der Waals surface area contributed by atoms with Gasteiger partial charge in [-0.25, -0.2) is 0 Å². The summed E-state index contributed by atoms with van der Waals surface area (Å²) in [6, 6.07) is 0. The van der Waals surface area contributed by atoms with Crippen molar-refractivity contribution in [3.8, 4) is 0 Å². The van der Waals surface area contributed by atoms with E-state index in [1.807, 2.05) is 11.8 Å². The second-order valence-corrected chi connectivity index (χ2v) is 2.73. The minimum atomic E-state index is -0.280. The molecule has 0 saturated heterocycles. The van der Waals surface area contributed by atoms with Crippen LogP contribution in [-0.2, 0) is 0 Å². The zero-order valence-corrected chi connectivity index (χ0v) is 7.19. The van der Waals surface area contributed by atoms with Crippen molar-refractivity contribution in [2.75, 3.05) is 6.54 Å². The molecule has 11 heavy (non-hydrogen) atoms. The van der Waals surface area contributed by atoms with E-state index in [0.717, 1.165) is 6.54 Å². The Bertz CT molecular complexity index is 201. The lowest BCUT2D eigenvalue weighted by molar-refractivity contribution is 0.294. The highest BCUT2D eigenvalue weighted by Crippen LogP contribution is 2.02. The number of nitrogens with zero attached hydrogens (tertiary/aromatic N) is 1. The number of nitrogens with two attached hydrogens (primary N) is 2. The van der Waals surface area contributed by atoms with E-state index in [1.165, 1.54) is 0 Å². The lowest BCUT2D eigenvalue weighted by atomic mass is 10.4. The average molecular weight is 172 g/mol. The maximum absolute atomic E-state index is 5.68. The largest absolute Gasteiger partial charge is 0.385 e. The second kappa shape index (κ2) is 3.06. The summed E-state index contributed by atoms with van der Waals surface area (Å²) in [5, 5.41) is 2.87. The van der Waals surface area contributed by atoms with E-state index in [9.17, 15) is 0 Å². The highest BCUT2D eigenvalue weighted by molar-refractivity contribution is 7.80. The monoisotopic (exact) mass is 172 g/mol. The normalized spacial score (nSPS) is 24.5. The third-order valence-electron chi connectivity index (χ3n) is 1.55. The van der Waals surface area contributed by atoms with Gasteiger partial charge in [-0.15, -0.1) is 0 Å². The minimum absolute atomic E-state index is 0.280. The van der Waals surface area contributed by atoms with Gasteiger partial charge in [-0.1, -0.05) is 12.2 Å². The Balaban J connectivity index is 2.77. The van der Waals surface area contributed by atoms with Crippen molar-refractivity contribution in [3.63, 3.8) is 0 Å². The molecule has 0 aromatic carbocycles. The fraction of sp³-hybridized carbons (Fsp3) is 0.500. The van der Waals surface area contributed by atoms with Crippen molar-refractivity contribution in [3.05, 3.63) is 11.9 Å². The van der Waals surface area contributed by atoms with Crippen molar-refractivity contribution in [1.82, 2.24) is 10.2 Å². The summed E-state index contributed by atoms with van der Waals surface area (Å²) in [4.78, 5) is 2.54. The molecule has 0 amide bonds. The number of likely N-dealkylation sites (N-methyl/N-ethyl adjacent to an activating group) is 1. The van der Waals surface area contributed by atoms with E-state index in [2.05, 4.69) is 5.32 Å².